The van der Waals surface area contributed by atoms with Gasteiger partial charge in [-0.2, -0.15) is 0 Å². The molecule has 142 valence electrons. The molecule has 1 amide bonds. The maximum Gasteiger partial charge on any atom is 0.339 e. The van der Waals surface area contributed by atoms with E-state index < -0.39 is 0 Å². The zero-order valence-corrected chi connectivity index (χ0v) is 15.8. The second-order valence-electron chi connectivity index (χ2n) is 6.76. The van der Waals surface area contributed by atoms with Crippen LogP contribution >= 0.6 is 0 Å². The molecule has 2 heterocycles. The van der Waals surface area contributed by atoms with Crippen molar-refractivity contribution in [2.24, 2.45) is 5.92 Å². The first-order valence-corrected chi connectivity index (χ1v) is 9.21. The van der Waals surface area contributed by atoms with Crippen molar-refractivity contribution >= 4 is 17.7 Å². The summed E-state index contributed by atoms with van der Waals surface area (Å²) in [5.41, 5.74) is 2.24. The number of esters is 1. The van der Waals surface area contributed by atoms with Crippen molar-refractivity contribution in [2.45, 2.75) is 26.3 Å². The highest BCUT2D eigenvalue weighted by atomic mass is 16.5. The van der Waals surface area contributed by atoms with Crippen LogP contribution in [0.15, 0.2) is 42.5 Å². The van der Waals surface area contributed by atoms with E-state index in [1.807, 2.05) is 36.4 Å². The third kappa shape index (κ3) is 4.64. The minimum atomic E-state index is -0.375. The first kappa shape index (κ1) is 18.9. The highest BCUT2D eigenvalue weighted by Gasteiger charge is 2.26. The molecule has 0 bridgehead atoms. The number of nitrogens with zero attached hydrogens (tertiary/aromatic N) is 2. The number of nitrogens with one attached hydrogen (secondary N) is 1. The first-order chi connectivity index (χ1) is 13.1. The van der Waals surface area contributed by atoms with Gasteiger partial charge in [-0.25, -0.2) is 9.78 Å². The smallest absolute Gasteiger partial charge is 0.339 e. The molecule has 1 aromatic heterocycles. The Labute approximate surface area is 159 Å². The molecule has 0 atom stereocenters. The molecule has 0 unspecified atom stereocenters. The summed E-state index contributed by atoms with van der Waals surface area (Å²) >= 11 is 0. The van der Waals surface area contributed by atoms with E-state index in [-0.39, 0.29) is 17.8 Å². The van der Waals surface area contributed by atoms with E-state index in [9.17, 15) is 9.59 Å². The van der Waals surface area contributed by atoms with Crippen LogP contribution < -0.4 is 10.2 Å². The summed E-state index contributed by atoms with van der Waals surface area (Å²) < 4.78 is 4.76. The van der Waals surface area contributed by atoms with Gasteiger partial charge >= 0.3 is 5.97 Å². The third-order valence-electron chi connectivity index (χ3n) is 4.98. The van der Waals surface area contributed by atoms with Crippen molar-refractivity contribution < 1.29 is 14.3 Å². The van der Waals surface area contributed by atoms with E-state index in [4.69, 9.17) is 4.74 Å². The molecular weight excluding hydrogens is 342 g/mol. The number of anilines is 1. The van der Waals surface area contributed by atoms with Crippen LogP contribution in [0.1, 0.15) is 34.5 Å². The van der Waals surface area contributed by atoms with Gasteiger partial charge in [-0.15, -0.1) is 0 Å². The Morgan fingerprint density at radius 2 is 1.85 bits per heavy atom. The Bertz CT molecular complexity index is 800. The number of hydrogen-bond donors (Lipinski definition) is 1. The first-order valence-electron chi connectivity index (χ1n) is 9.21. The molecule has 1 aromatic carbocycles. The van der Waals surface area contributed by atoms with Gasteiger partial charge in [0.05, 0.1) is 18.4 Å². The molecule has 3 rings (SSSR count). The topological polar surface area (TPSA) is 71.5 Å². The van der Waals surface area contributed by atoms with E-state index in [2.05, 4.69) is 15.2 Å². The van der Waals surface area contributed by atoms with Gasteiger partial charge in [0.25, 0.3) is 0 Å². The molecule has 0 saturated carbocycles. The summed E-state index contributed by atoms with van der Waals surface area (Å²) in [5, 5.41) is 3.03. The molecule has 0 radical (unpaired) electrons. The monoisotopic (exact) mass is 367 g/mol. The van der Waals surface area contributed by atoms with E-state index in [1.165, 1.54) is 7.11 Å². The van der Waals surface area contributed by atoms with Gasteiger partial charge < -0.3 is 15.0 Å². The lowest BCUT2D eigenvalue weighted by Gasteiger charge is -2.32. The normalized spacial score (nSPS) is 14.7. The van der Waals surface area contributed by atoms with Gasteiger partial charge in [0.15, 0.2) is 0 Å². The molecule has 1 aliphatic rings. The Kier molecular flexibility index (Phi) is 6.06. The number of amides is 1. The predicted octanol–water partition coefficient (Wildman–Crippen LogP) is 2.71. The number of aryl methyl sites for hydroxylation is 1. The lowest BCUT2D eigenvalue weighted by molar-refractivity contribution is -0.125. The quantitative estimate of drug-likeness (QED) is 0.823. The van der Waals surface area contributed by atoms with Gasteiger partial charge in [-0.1, -0.05) is 30.3 Å². The zero-order chi connectivity index (χ0) is 19.2. The minimum Gasteiger partial charge on any atom is -0.465 e. The molecular formula is C21H25N3O3. The second kappa shape index (κ2) is 8.66. The maximum absolute atomic E-state index is 12.4. The number of piperidine rings is 1. The summed E-state index contributed by atoms with van der Waals surface area (Å²) in [6.45, 7) is 3.91. The zero-order valence-electron chi connectivity index (χ0n) is 15.8. The van der Waals surface area contributed by atoms with Crippen molar-refractivity contribution in [1.82, 2.24) is 10.3 Å². The maximum atomic E-state index is 12.4. The number of rotatable bonds is 5. The number of carbonyl (C=O) groups excluding carboxylic acids is 2. The van der Waals surface area contributed by atoms with Crippen LogP contribution in [-0.2, 0) is 16.1 Å². The lowest BCUT2D eigenvalue weighted by atomic mass is 9.95. The molecule has 0 aliphatic carbocycles. The van der Waals surface area contributed by atoms with Crippen LogP contribution in [0.25, 0.3) is 0 Å². The Balaban J connectivity index is 1.53. The molecule has 1 aliphatic heterocycles. The van der Waals surface area contributed by atoms with E-state index >= 15 is 0 Å². The lowest BCUT2D eigenvalue weighted by Crippen LogP contribution is -2.40. The molecule has 1 fully saturated rings. The van der Waals surface area contributed by atoms with Crippen LogP contribution in [-0.4, -0.2) is 37.1 Å². The van der Waals surface area contributed by atoms with Gasteiger partial charge in [0, 0.05) is 25.6 Å². The molecule has 0 spiro atoms. The minimum absolute atomic E-state index is 0.0281. The van der Waals surface area contributed by atoms with E-state index in [0.29, 0.717) is 17.8 Å². The Morgan fingerprint density at radius 3 is 2.48 bits per heavy atom. The highest BCUT2D eigenvalue weighted by Crippen LogP contribution is 2.23. The number of carbonyl (C=O) groups is 2. The largest absolute Gasteiger partial charge is 0.465 e. The predicted molar refractivity (Wildman–Crippen MR) is 104 cm³/mol. The fourth-order valence-corrected chi connectivity index (χ4v) is 3.35. The number of aromatic nitrogens is 1. The number of ether oxygens (including phenoxy) is 1. The van der Waals surface area contributed by atoms with Crippen molar-refractivity contribution in [3.63, 3.8) is 0 Å². The van der Waals surface area contributed by atoms with Gasteiger partial charge in [-0.3, -0.25) is 4.79 Å². The summed E-state index contributed by atoms with van der Waals surface area (Å²) in [5.74, 6) is 0.604. The van der Waals surface area contributed by atoms with Crippen LogP contribution in [0, 0.1) is 12.8 Å². The number of pyridine rings is 1. The number of hydrogen-bond acceptors (Lipinski definition) is 5. The van der Waals surface area contributed by atoms with Crippen molar-refractivity contribution in [1.29, 1.82) is 0 Å². The van der Waals surface area contributed by atoms with Gasteiger partial charge in [0.2, 0.25) is 5.91 Å². The average molecular weight is 367 g/mol. The van der Waals surface area contributed by atoms with E-state index in [0.717, 1.165) is 37.3 Å². The summed E-state index contributed by atoms with van der Waals surface area (Å²) in [7, 11) is 1.36. The van der Waals surface area contributed by atoms with Crippen molar-refractivity contribution in [3.8, 4) is 0 Å². The summed E-state index contributed by atoms with van der Waals surface area (Å²) in [6, 6.07) is 13.5. The molecule has 2 aromatic rings. The third-order valence-corrected chi connectivity index (χ3v) is 4.98. The summed E-state index contributed by atoms with van der Waals surface area (Å²) in [6.07, 6.45) is 1.58. The van der Waals surface area contributed by atoms with Crippen LogP contribution in [0.5, 0.6) is 0 Å². The van der Waals surface area contributed by atoms with Crippen molar-refractivity contribution in [3.05, 3.63) is 59.3 Å². The standard InChI is InChI=1S/C21H25N3O3/c1-15-18(21(26)27-2)8-9-19(23-15)24-12-10-17(11-13-24)20(25)22-14-16-6-4-3-5-7-16/h3-9,17H,10-14H2,1-2H3,(H,22,25). The van der Waals surface area contributed by atoms with Gasteiger partial charge in [-0.05, 0) is 37.5 Å². The Morgan fingerprint density at radius 1 is 1.15 bits per heavy atom. The number of benzene rings is 1. The molecule has 1 saturated heterocycles. The van der Waals surface area contributed by atoms with Crippen LogP contribution in [0.3, 0.4) is 0 Å². The van der Waals surface area contributed by atoms with Gasteiger partial charge in [0.1, 0.15) is 5.82 Å². The second-order valence-corrected chi connectivity index (χ2v) is 6.76. The molecule has 6 nitrogen and oxygen atoms in total. The molecule has 27 heavy (non-hydrogen) atoms. The van der Waals surface area contributed by atoms with Crippen LogP contribution in [0.4, 0.5) is 5.82 Å². The summed E-state index contributed by atoms with van der Waals surface area (Å²) in [4.78, 5) is 30.8. The fourth-order valence-electron chi connectivity index (χ4n) is 3.35. The van der Waals surface area contributed by atoms with Crippen molar-refractivity contribution in [2.75, 3.05) is 25.1 Å². The molecule has 1 N–H and O–H groups in total. The molecule has 6 heteroatoms. The highest BCUT2D eigenvalue weighted by molar-refractivity contribution is 5.90. The average Bonchev–Trinajstić information content (AvgIpc) is 2.72. The SMILES string of the molecule is COC(=O)c1ccc(N2CCC(C(=O)NCc3ccccc3)CC2)nc1C. The van der Waals surface area contributed by atoms with Crippen LogP contribution in [0.2, 0.25) is 0 Å². The van der Waals surface area contributed by atoms with E-state index in [1.54, 1.807) is 13.0 Å². The number of methoxy groups -OCH3 is 1. The Hall–Kier alpha value is -2.89. The fraction of sp³-hybridized carbons (Fsp3) is 0.381.